The fraction of sp³-hybridized carbons (Fsp3) is 0.417. The summed E-state index contributed by atoms with van der Waals surface area (Å²) in [5, 5.41) is 3.61. The van der Waals surface area contributed by atoms with E-state index >= 15 is 0 Å². The van der Waals surface area contributed by atoms with Crippen LogP contribution in [0.2, 0.25) is 0 Å². The van der Waals surface area contributed by atoms with Gasteiger partial charge in [-0.2, -0.15) is 0 Å². The highest BCUT2D eigenvalue weighted by Crippen LogP contribution is 2.26. The molecule has 6 nitrogen and oxygen atoms in total. The zero-order chi connectivity index (χ0) is 13.3. The van der Waals surface area contributed by atoms with Crippen molar-refractivity contribution in [3.63, 3.8) is 0 Å². The number of carbonyl (C=O) groups excluding carboxylic acids is 1. The fourth-order valence-corrected chi connectivity index (χ4v) is 2.09. The highest BCUT2D eigenvalue weighted by atomic mass is 16.1. The van der Waals surface area contributed by atoms with Crippen LogP contribution >= 0.6 is 0 Å². The topological polar surface area (TPSA) is 85.8 Å². The van der Waals surface area contributed by atoms with Crippen LogP contribution in [0.1, 0.15) is 18.2 Å². The number of hydrogen-bond acceptors (Lipinski definition) is 4. The van der Waals surface area contributed by atoms with E-state index in [1.54, 1.807) is 0 Å². The van der Waals surface area contributed by atoms with Crippen LogP contribution in [0.5, 0.6) is 0 Å². The number of fused-ring (bicyclic) bond motifs is 1. The van der Waals surface area contributed by atoms with Crippen LogP contribution in [-0.2, 0) is 11.3 Å². The normalized spacial score (nSPS) is 10.8. The van der Waals surface area contributed by atoms with Crippen molar-refractivity contribution >= 4 is 22.8 Å². The van der Waals surface area contributed by atoms with Crippen molar-refractivity contribution in [3.8, 4) is 0 Å². The molecule has 2 aromatic heterocycles. The molecule has 6 heteroatoms. The smallest absolute Gasteiger partial charge is 0.239 e. The molecule has 0 saturated heterocycles. The van der Waals surface area contributed by atoms with Crippen molar-refractivity contribution in [1.29, 1.82) is 0 Å². The Morgan fingerprint density at radius 3 is 2.83 bits per heavy atom. The molecule has 0 radical (unpaired) electrons. The Kier molecular flexibility index (Phi) is 3.18. The van der Waals surface area contributed by atoms with E-state index in [0.29, 0.717) is 18.0 Å². The predicted octanol–water partition coefficient (Wildman–Crippen LogP) is 0.766. The summed E-state index contributed by atoms with van der Waals surface area (Å²) < 4.78 is 1.87. The van der Waals surface area contributed by atoms with E-state index in [0.717, 1.165) is 16.6 Å². The molecule has 1 amide bonds. The number of nitrogen functional groups attached to an aromatic ring is 1. The molecule has 2 rings (SSSR count). The standard InChI is InChI=1S/C12H17N5O/c1-4-14-9(18)5-17-8(3)7(2)10-11(13)15-6-16-12(10)17/h6H,4-5H2,1-3H3,(H,14,18)(H2,13,15,16). The summed E-state index contributed by atoms with van der Waals surface area (Å²) in [6.07, 6.45) is 1.42. The first-order valence-corrected chi connectivity index (χ1v) is 5.88. The average molecular weight is 247 g/mol. The van der Waals surface area contributed by atoms with Gasteiger partial charge in [-0.15, -0.1) is 0 Å². The number of likely N-dealkylation sites (N-methyl/N-ethyl adjacent to an activating group) is 1. The molecule has 0 fully saturated rings. The van der Waals surface area contributed by atoms with E-state index in [2.05, 4.69) is 15.3 Å². The zero-order valence-electron chi connectivity index (χ0n) is 10.8. The van der Waals surface area contributed by atoms with E-state index in [1.165, 1.54) is 6.33 Å². The van der Waals surface area contributed by atoms with Crippen LogP contribution in [0.4, 0.5) is 5.82 Å². The number of nitrogens with one attached hydrogen (secondary N) is 1. The first-order valence-electron chi connectivity index (χ1n) is 5.88. The molecule has 2 aromatic rings. The Balaban J connectivity index is 2.54. The maximum absolute atomic E-state index is 11.7. The molecular weight excluding hydrogens is 230 g/mol. The number of anilines is 1. The minimum Gasteiger partial charge on any atom is -0.383 e. The number of carbonyl (C=O) groups is 1. The van der Waals surface area contributed by atoms with Crippen molar-refractivity contribution in [3.05, 3.63) is 17.6 Å². The number of amides is 1. The second kappa shape index (κ2) is 4.64. The highest BCUT2D eigenvalue weighted by molar-refractivity contribution is 5.91. The molecule has 0 bridgehead atoms. The van der Waals surface area contributed by atoms with Gasteiger partial charge in [0.05, 0.1) is 5.39 Å². The summed E-state index contributed by atoms with van der Waals surface area (Å²) in [6.45, 7) is 6.68. The van der Waals surface area contributed by atoms with Crippen LogP contribution < -0.4 is 11.1 Å². The Morgan fingerprint density at radius 1 is 1.44 bits per heavy atom. The van der Waals surface area contributed by atoms with Gasteiger partial charge < -0.3 is 15.6 Å². The Labute approximate surface area is 105 Å². The molecule has 0 aliphatic heterocycles. The lowest BCUT2D eigenvalue weighted by Crippen LogP contribution is -2.27. The summed E-state index contributed by atoms with van der Waals surface area (Å²) >= 11 is 0. The van der Waals surface area contributed by atoms with Gasteiger partial charge in [0.25, 0.3) is 0 Å². The van der Waals surface area contributed by atoms with Crippen molar-refractivity contribution < 1.29 is 4.79 Å². The minimum absolute atomic E-state index is 0.0327. The molecule has 96 valence electrons. The Hall–Kier alpha value is -2.11. The largest absolute Gasteiger partial charge is 0.383 e. The second-order valence-electron chi connectivity index (χ2n) is 4.21. The van der Waals surface area contributed by atoms with Crippen molar-refractivity contribution in [2.45, 2.75) is 27.3 Å². The van der Waals surface area contributed by atoms with Crippen molar-refractivity contribution in [2.75, 3.05) is 12.3 Å². The quantitative estimate of drug-likeness (QED) is 0.838. The number of nitrogens with two attached hydrogens (primary N) is 1. The van der Waals surface area contributed by atoms with Gasteiger partial charge in [0.1, 0.15) is 24.3 Å². The molecule has 0 spiro atoms. The Bertz CT molecular complexity index is 602. The molecule has 3 N–H and O–H groups in total. The Morgan fingerprint density at radius 2 is 2.17 bits per heavy atom. The first-order chi connectivity index (χ1) is 8.56. The first kappa shape index (κ1) is 12.3. The SMILES string of the molecule is CCNC(=O)Cn1c(C)c(C)c2c(N)ncnc21. The lowest BCUT2D eigenvalue weighted by molar-refractivity contribution is -0.121. The van der Waals surface area contributed by atoms with E-state index in [1.807, 2.05) is 25.3 Å². The van der Waals surface area contributed by atoms with Gasteiger partial charge in [-0.3, -0.25) is 4.79 Å². The monoisotopic (exact) mass is 247 g/mol. The van der Waals surface area contributed by atoms with E-state index in [-0.39, 0.29) is 12.5 Å². The molecule has 0 unspecified atom stereocenters. The van der Waals surface area contributed by atoms with Crippen LogP contribution in [0, 0.1) is 13.8 Å². The van der Waals surface area contributed by atoms with Crippen molar-refractivity contribution in [1.82, 2.24) is 19.9 Å². The summed E-state index contributed by atoms with van der Waals surface area (Å²) in [6, 6.07) is 0. The maximum Gasteiger partial charge on any atom is 0.239 e. The number of aromatic nitrogens is 3. The zero-order valence-corrected chi connectivity index (χ0v) is 10.8. The minimum atomic E-state index is -0.0327. The van der Waals surface area contributed by atoms with Crippen LogP contribution in [0.15, 0.2) is 6.33 Å². The molecule has 0 saturated carbocycles. The second-order valence-corrected chi connectivity index (χ2v) is 4.21. The third-order valence-corrected chi connectivity index (χ3v) is 3.11. The highest BCUT2D eigenvalue weighted by Gasteiger charge is 2.16. The molecule has 0 aliphatic carbocycles. The molecule has 0 atom stereocenters. The number of aryl methyl sites for hydroxylation is 1. The maximum atomic E-state index is 11.7. The molecule has 0 aliphatic rings. The van der Waals surface area contributed by atoms with Gasteiger partial charge in [-0.05, 0) is 26.3 Å². The summed E-state index contributed by atoms with van der Waals surface area (Å²) in [5.41, 5.74) is 8.59. The van der Waals surface area contributed by atoms with Gasteiger partial charge in [-0.1, -0.05) is 0 Å². The predicted molar refractivity (Wildman–Crippen MR) is 70.1 cm³/mol. The fourth-order valence-electron chi connectivity index (χ4n) is 2.09. The van der Waals surface area contributed by atoms with E-state index < -0.39 is 0 Å². The average Bonchev–Trinajstić information content (AvgIpc) is 2.56. The lowest BCUT2D eigenvalue weighted by Gasteiger charge is -2.07. The molecule has 18 heavy (non-hydrogen) atoms. The third-order valence-electron chi connectivity index (χ3n) is 3.11. The number of rotatable bonds is 3. The van der Waals surface area contributed by atoms with Gasteiger partial charge >= 0.3 is 0 Å². The summed E-state index contributed by atoms with van der Waals surface area (Å²) in [4.78, 5) is 19.9. The van der Waals surface area contributed by atoms with Gasteiger partial charge in [-0.25, -0.2) is 9.97 Å². The number of hydrogen-bond donors (Lipinski definition) is 2. The van der Waals surface area contributed by atoms with Crippen LogP contribution in [0.25, 0.3) is 11.0 Å². The van der Waals surface area contributed by atoms with Gasteiger partial charge in [0.15, 0.2) is 0 Å². The van der Waals surface area contributed by atoms with Crippen LogP contribution in [-0.4, -0.2) is 27.0 Å². The lowest BCUT2D eigenvalue weighted by atomic mass is 10.2. The van der Waals surface area contributed by atoms with E-state index in [4.69, 9.17) is 5.73 Å². The summed E-state index contributed by atoms with van der Waals surface area (Å²) in [5.74, 6) is 0.421. The van der Waals surface area contributed by atoms with E-state index in [9.17, 15) is 4.79 Å². The molecule has 0 aromatic carbocycles. The summed E-state index contributed by atoms with van der Waals surface area (Å²) in [7, 11) is 0. The van der Waals surface area contributed by atoms with Crippen LogP contribution in [0.3, 0.4) is 0 Å². The van der Waals surface area contributed by atoms with Crippen molar-refractivity contribution in [2.24, 2.45) is 0 Å². The van der Waals surface area contributed by atoms with Gasteiger partial charge in [0, 0.05) is 12.2 Å². The number of nitrogens with zero attached hydrogens (tertiary/aromatic N) is 3. The third kappa shape index (κ3) is 1.90. The molecular formula is C12H17N5O. The van der Waals surface area contributed by atoms with Gasteiger partial charge in [0.2, 0.25) is 5.91 Å². The molecule has 2 heterocycles.